The van der Waals surface area contributed by atoms with Crippen molar-refractivity contribution in [3.05, 3.63) is 35.4 Å². The maximum absolute atomic E-state index is 13.7. The van der Waals surface area contributed by atoms with Gasteiger partial charge in [-0.25, -0.2) is 8.78 Å². The van der Waals surface area contributed by atoms with E-state index >= 15 is 0 Å². The van der Waals surface area contributed by atoms with Crippen molar-refractivity contribution in [2.75, 3.05) is 13.1 Å². The number of carbonyl (C=O) groups excluding carboxylic acids is 1. The molecule has 2 fully saturated rings. The van der Waals surface area contributed by atoms with Gasteiger partial charge in [-0.05, 0) is 49.9 Å². The van der Waals surface area contributed by atoms with E-state index in [4.69, 9.17) is 0 Å². The highest BCUT2D eigenvalue weighted by atomic mass is 35.5. The second-order valence-corrected chi connectivity index (χ2v) is 5.65. The summed E-state index contributed by atoms with van der Waals surface area (Å²) in [5.41, 5.74) is 0.455. The highest BCUT2D eigenvalue weighted by Crippen LogP contribution is 2.48. The SMILES string of the molecule is Cl.O=C(NC1CCNCC1)C1CC1c1ccc(F)cc1F. The van der Waals surface area contributed by atoms with Gasteiger partial charge in [0.2, 0.25) is 5.91 Å². The number of halogens is 3. The van der Waals surface area contributed by atoms with Crippen LogP contribution in [0.1, 0.15) is 30.7 Å². The van der Waals surface area contributed by atoms with E-state index in [1.165, 1.54) is 12.1 Å². The molecule has 0 bridgehead atoms. The summed E-state index contributed by atoms with van der Waals surface area (Å²) in [7, 11) is 0. The zero-order valence-electron chi connectivity index (χ0n) is 11.6. The average Bonchev–Trinajstić information content (AvgIpc) is 3.20. The van der Waals surface area contributed by atoms with Crippen molar-refractivity contribution in [3.8, 4) is 0 Å². The minimum Gasteiger partial charge on any atom is -0.353 e. The van der Waals surface area contributed by atoms with Crippen LogP contribution in [0.2, 0.25) is 0 Å². The largest absolute Gasteiger partial charge is 0.353 e. The van der Waals surface area contributed by atoms with Gasteiger partial charge in [0.25, 0.3) is 0 Å². The normalized spacial score (nSPS) is 25.0. The van der Waals surface area contributed by atoms with Crippen LogP contribution in [-0.2, 0) is 4.79 Å². The summed E-state index contributed by atoms with van der Waals surface area (Å²) in [6, 6.07) is 3.81. The summed E-state index contributed by atoms with van der Waals surface area (Å²) < 4.78 is 26.5. The van der Waals surface area contributed by atoms with Crippen LogP contribution >= 0.6 is 12.4 Å². The second-order valence-electron chi connectivity index (χ2n) is 5.65. The summed E-state index contributed by atoms with van der Waals surface area (Å²) in [5, 5.41) is 6.28. The first-order chi connectivity index (χ1) is 9.65. The summed E-state index contributed by atoms with van der Waals surface area (Å²) in [4.78, 5) is 12.1. The Labute approximate surface area is 128 Å². The fraction of sp³-hybridized carbons (Fsp3) is 0.533. The third-order valence-corrected chi connectivity index (χ3v) is 4.17. The first-order valence-corrected chi connectivity index (χ1v) is 7.11. The average molecular weight is 317 g/mol. The van der Waals surface area contributed by atoms with Gasteiger partial charge in [0, 0.05) is 18.0 Å². The fourth-order valence-corrected chi connectivity index (χ4v) is 2.91. The number of benzene rings is 1. The van der Waals surface area contributed by atoms with Crippen molar-refractivity contribution in [1.29, 1.82) is 0 Å². The molecule has 0 aromatic heterocycles. The van der Waals surface area contributed by atoms with Crippen molar-refractivity contribution in [3.63, 3.8) is 0 Å². The molecule has 1 aromatic rings. The van der Waals surface area contributed by atoms with E-state index in [-0.39, 0.29) is 36.2 Å². The lowest BCUT2D eigenvalue weighted by molar-refractivity contribution is -0.123. The van der Waals surface area contributed by atoms with Gasteiger partial charge in [0.1, 0.15) is 11.6 Å². The Bertz CT molecular complexity index is 520. The van der Waals surface area contributed by atoms with Crippen LogP contribution in [0.5, 0.6) is 0 Å². The van der Waals surface area contributed by atoms with E-state index < -0.39 is 11.6 Å². The van der Waals surface area contributed by atoms with Crippen molar-refractivity contribution >= 4 is 18.3 Å². The van der Waals surface area contributed by atoms with E-state index in [2.05, 4.69) is 10.6 Å². The van der Waals surface area contributed by atoms with Gasteiger partial charge in [-0.2, -0.15) is 0 Å². The molecule has 2 aliphatic rings. The predicted octanol–water partition coefficient (Wildman–Crippen LogP) is 2.36. The second kappa shape index (κ2) is 6.71. The van der Waals surface area contributed by atoms with Gasteiger partial charge in [-0.1, -0.05) is 6.07 Å². The molecular formula is C15H19ClF2N2O. The molecule has 1 saturated heterocycles. The number of carbonyl (C=O) groups is 1. The maximum atomic E-state index is 13.7. The number of hydrogen-bond acceptors (Lipinski definition) is 2. The third-order valence-electron chi connectivity index (χ3n) is 4.17. The molecule has 2 N–H and O–H groups in total. The minimum atomic E-state index is -0.581. The number of amides is 1. The zero-order chi connectivity index (χ0) is 14.1. The summed E-state index contributed by atoms with van der Waals surface area (Å²) in [5.74, 6) is -1.39. The molecule has 1 aliphatic heterocycles. The summed E-state index contributed by atoms with van der Waals surface area (Å²) >= 11 is 0. The highest BCUT2D eigenvalue weighted by Gasteiger charge is 2.45. The Morgan fingerprint density at radius 3 is 2.62 bits per heavy atom. The van der Waals surface area contributed by atoms with Crippen LogP contribution in [-0.4, -0.2) is 25.0 Å². The number of hydrogen-bond donors (Lipinski definition) is 2. The third kappa shape index (κ3) is 3.71. The lowest BCUT2D eigenvalue weighted by atomic mass is 10.1. The van der Waals surface area contributed by atoms with Crippen molar-refractivity contribution in [2.24, 2.45) is 5.92 Å². The standard InChI is InChI=1S/C15H18F2N2O.ClH/c16-9-1-2-11(14(17)7-9)12-8-13(12)15(20)19-10-3-5-18-6-4-10;/h1-2,7,10,12-13,18H,3-6,8H2,(H,19,20);1H. The van der Waals surface area contributed by atoms with E-state index in [1.54, 1.807) is 0 Å². The van der Waals surface area contributed by atoms with E-state index in [9.17, 15) is 13.6 Å². The van der Waals surface area contributed by atoms with Crippen LogP contribution in [0.25, 0.3) is 0 Å². The molecule has 2 atom stereocenters. The molecule has 1 saturated carbocycles. The van der Waals surface area contributed by atoms with Gasteiger partial charge < -0.3 is 10.6 Å². The number of nitrogens with one attached hydrogen (secondary N) is 2. The van der Waals surface area contributed by atoms with Gasteiger partial charge in [0.05, 0.1) is 0 Å². The van der Waals surface area contributed by atoms with Gasteiger partial charge in [-0.15, -0.1) is 12.4 Å². The molecule has 1 aromatic carbocycles. The zero-order valence-corrected chi connectivity index (χ0v) is 12.4. The van der Waals surface area contributed by atoms with Crippen LogP contribution in [0, 0.1) is 17.6 Å². The van der Waals surface area contributed by atoms with E-state index in [1.807, 2.05) is 0 Å². The molecule has 1 aliphatic carbocycles. The molecule has 1 heterocycles. The van der Waals surface area contributed by atoms with Gasteiger partial charge in [0.15, 0.2) is 0 Å². The van der Waals surface area contributed by atoms with Crippen LogP contribution in [0.3, 0.4) is 0 Å². The Balaban J connectivity index is 0.00000161. The van der Waals surface area contributed by atoms with Gasteiger partial charge >= 0.3 is 0 Å². The topological polar surface area (TPSA) is 41.1 Å². The van der Waals surface area contributed by atoms with Crippen LogP contribution < -0.4 is 10.6 Å². The molecule has 6 heteroatoms. The Kier molecular flexibility index (Phi) is 5.17. The predicted molar refractivity (Wildman–Crippen MR) is 78.5 cm³/mol. The quantitative estimate of drug-likeness (QED) is 0.899. The highest BCUT2D eigenvalue weighted by molar-refractivity contribution is 5.85. The Morgan fingerprint density at radius 1 is 1.24 bits per heavy atom. The fourth-order valence-electron chi connectivity index (χ4n) is 2.91. The molecule has 2 unspecified atom stereocenters. The molecule has 116 valence electrons. The van der Waals surface area contributed by atoms with Crippen molar-refractivity contribution in [2.45, 2.75) is 31.2 Å². The first-order valence-electron chi connectivity index (χ1n) is 7.11. The first kappa shape index (κ1) is 16.2. The molecule has 0 spiro atoms. The maximum Gasteiger partial charge on any atom is 0.223 e. The van der Waals surface area contributed by atoms with Crippen molar-refractivity contribution < 1.29 is 13.6 Å². The number of rotatable bonds is 3. The molecule has 3 nitrogen and oxygen atoms in total. The number of piperidine rings is 1. The summed E-state index contributed by atoms with van der Waals surface area (Å²) in [6.07, 6.45) is 2.53. The Morgan fingerprint density at radius 2 is 1.95 bits per heavy atom. The molecular weight excluding hydrogens is 298 g/mol. The van der Waals surface area contributed by atoms with Crippen LogP contribution in [0.15, 0.2) is 18.2 Å². The minimum absolute atomic E-state index is 0. The molecule has 0 radical (unpaired) electrons. The molecule has 21 heavy (non-hydrogen) atoms. The van der Waals surface area contributed by atoms with Crippen molar-refractivity contribution in [1.82, 2.24) is 10.6 Å². The summed E-state index contributed by atoms with van der Waals surface area (Å²) in [6.45, 7) is 1.84. The molecule has 3 rings (SSSR count). The van der Waals surface area contributed by atoms with E-state index in [0.29, 0.717) is 12.0 Å². The van der Waals surface area contributed by atoms with Crippen LogP contribution in [0.4, 0.5) is 8.78 Å². The molecule has 1 amide bonds. The smallest absolute Gasteiger partial charge is 0.223 e. The van der Waals surface area contributed by atoms with E-state index in [0.717, 1.165) is 32.0 Å². The Hall–Kier alpha value is -1.20. The monoisotopic (exact) mass is 316 g/mol. The van der Waals surface area contributed by atoms with Gasteiger partial charge in [-0.3, -0.25) is 4.79 Å². The lowest BCUT2D eigenvalue weighted by Gasteiger charge is -2.23. The lowest BCUT2D eigenvalue weighted by Crippen LogP contribution is -2.43.